The van der Waals surface area contributed by atoms with Gasteiger partial charge >= 0.3 is 0 Å². The summed E-state index contributed by atoms with van der Waals surface area (Å²) in [6, 6.07) is 12.5. The molecule has 0 unspecified atom stereocenters. The topological polar surface area (TPSA) is 96.3 Å². The maximum absolute atomic E-state index is 6.02. The molecule has 0 saturated carbocycles. The molecular weight excluding hydrogens is 384 g/mol. The Balaban J connectivity index is 2.07. The van der Waals surface area contributed by atoms with Crippen LogP contribution in [0.3, 0.4) is 0 Å². The molecule has 3 rings (SSSR count). The van der Waals surface area contributed by atoms with Gasteiger partial charge in [0.1, 0.15) is 17.3 Å². The number of rotatable bonds is 8. The molecule has 29 heavy (non-hydrogen) atoms. The van der Waals surface area contributed by atoms with Crippen LogP contribution < -0.4 is 20.9 Å². The van der Waals surface area contributed by atoms with Gasteiger partial charge in [-0.25, -0.2) is 4.98 Å². The molecule has 0 aliphatic carbocycles. The molecule has 0 aliphatic rings. The van der Waals surface area contributed by atoms with Crippen LogP contribution in [-0.4, -0.2) is 29.4 Å². The zero-order chi connectivity index (χ0) is 20.8. The monoisotopic (exact) mass is 410 g/mol. The third-order valence-corrected chi connectivity index (χ3v) is 5.16. The molecule has 7 heteroatoms. The van der Waals surface area contributed by atoms with E-state index in [1.165, 1.54) is 4.90 Å². The van der Waals surface area contributed by atoms with Gasteiger partial charge in [-0.3, -0.25) is 0 Å². The second-order valence-electron chi connectivity index (χ2n) is 6.38. The molecule has 0 fully saturated rings. The number of hydrogen-bond donors (Lipinski definition) is 2. The Morgan fingerprint density at radius 2 is 1.59 bits per heavy atom. The van der Waals surface area contributed by atoms with E-state index in [9.17, 15) is 0 Å². The molecule has 0 radical (unpaired) electrons. The minimum absolute atomic E-state index is 0.167. The van der Waals surface area contributed by atoms with Crippen molar-refractivity contribution < 1.29 is 9.47 Å². The molecule has 2 aromatic carbocycles. The molecule has 0 saturated heterocycles. The van der Waals surface area contributed by atoms with Gasteiger partial charge in [0.2, 0.25) is 5.95 Å². The van der Waals surface area contributed by atoms with Crippen molar-refractivity contribution in [1.82, 2.24) is 9.97 Å². The van der Waals surface area contributed by atoms with E-state index >= 15 is 0 Å². The van der Waals surface area contributed by atoms with Crippen LogP contribution in [-0.2, 0) is 6.42 Å². The van der Waals surface area contributed by atoms with Crippen LogP contribution in [0.1, 0.15) is 25.0 Å². The highest BCUT2D eigenvalue weighted by Gasteiger charge is 2.17. The number of hydrogen-bond acceptors (Lipinski definition) is 7. The number of anilines is 2. The predicted molar refractivity (Wildman–Crippen MR) is 120 cm³/mol. The summed E-state index contributed by atoms with van der Waals surface area (Å²) in [6.07, 6.45) is 4.28. The summed E-state index contributed by atoms with van der Waals surface area (Å²) < 4.78 is 12.0. The van der Waals surface area contributed by atoms with E-state index in [1.807, 2.05) is 26.0 Å². The van der Waals surface area contributed by atoms with Crippen LogP contribution in [0, 0.1) is 0 Å². The molecule has 0 bridgehead atoms. The average Bonchev–Trinajstić information content (AvgIpc) is 2.71. The van der Waals surface area contributed by atoms with Gasteiger partial charge in [-0.1, -0.05) is 12.1 Å². The highest BCUT2D eigenvalue weighted by Crippen LogP contribution is 2.41. The third-order valence-electron chi connectivity index (χ3n) is 4.42. The number of ether oxygens (including phenoxy) is 2. The Morgan fingerprint density at radius 1 is 0.966 bits per heavy atom. The van der Waals surface area contributed by atoms with Crippen molar-refractivity contribution >= 4 is 23.5 Å². The predicted octanol–water partition coefficient (Wildman–Crippen LogP) is 4.42. The Kier molecular flexibility index (Phi) is 6.82. The Morgan fingerprint density at radius 3 is 2.10 bits per heavy atom. The van der Waals surface area contributed by atoms with Crippen molar-refractivity contribution in [2.75, 3.05) is 30.9 Å². The lowest BCUT2D eigenvalue weighted by Gasteiger charge is -2.18. The summed E-state index contributed by atoms with van der Waals surface area (Å²) in [4.78, 5) is 9.31. The van der Waals surface area contributed by atoms with Crippen molar-refractivity contribution in [2.24, 2.45) is 0 Å². The Labute approximate surface area is 175 Å². The fourth-order valence-electron chi connectivity index (χ4n) is 3.12. The molecule has 152 valence electrons. The van der Waals surface area contributed by atoms with E-state index in [1.54, 1.807) is 18.0 Å². The van der Waals surface area contributed by atoms with Crippen molar-refractivity contribution in [2.45, 2.75) is 25.2 Å². The van der Waals surface area contributed by atoms with Gasteiger partial charge in [0.15, 0.2) is 0 Å². The van der Waals surface area contributed by atoms with Gasteiger partial charge in [-0.05, 0) is 55.5 Å². The molecule has 0 aliphatic heterocycles. The number of nitrogens with two attached hydrogens (primary N) is 2. The van der Waals surface area contributed by atoms with Crippen LogP contribution >= 0.6 is 11.8 Å². The number of nitrogens with zero attached hydrogens (tertiary/aromatic N) is 2. The standard InChI is InChI=1S/C22H26N4O2S/c1-4-27-18-11-14(10-16-13-25-22(24)26-21(16)23)12-19(28-5-2)20(18)15-6-8-17(29-3)9-7-15/h6-9,11-13H,4-5,10H2,1-3H3,(H4,23,24,25,26). The van der Waals surface area contributed by atoms with E-state index in [-0.39, 0.29) is 5.95 Å². The fourth-order valence-corrected chi connectivity index (χ4v) is 3.53. The second-order valence-corrected chi connectivity index (χ2v) is 7.26. The number of benzene rings is 2. The molecule has 0 atom stereocenters. The Bertz CT molecular complexity index is 950. The van der Waals surface area contributed by atoms with Gasteiger partial charge in [0.05, 0.1) is 18.8 Å². The lowest BCUT2D eigenvalue weighted by Crippen LogP contribution is -2.05. The van der Waals surface area contributed by atoms with Gasteiger partial charge < -0.3 is 20.9 Å². The highest BCUT2D eigenvalue weighted by atomic mass is 32.2. The molecule has 6 nitrogen and oxygen atoms in total. The lowest BCUT2D eigenvalue weighted by atomic mass is 9.98. The number of nitrogen functional groups attached to an aromatic ring is 2. The lowest BCUT2D eigenvalue weighted by molar-refractivity contribution is 0.325. The minimum atomic E-state index is 0.167. The normalized spacial score (nSPS) is 10.7. The number of thioether (sulfide) groups is 1. The van der Waals surface area contributed by atoms with Crippen molar-refractivity contribution in [3.63, 3.8) is 0 Å². The summed E-state index contributed by atoms with van der Waals surface area (Å²) in [5, 5.41) is 0. The summed E-state index contributed by atoms with van der Waals surface area (Å²) >= 11 is 1.71. The smallest absolute Gasteiger partial charge is 0.221 e. The molecule has 0 amide bonds. The SMILES string of the molecule is CCOc1cc(Cc2cnc(N)nc2N)cc(OCC)c1-c1ccc(SC)cc1. The maximum atomic E-state index is 6.02. The van der Waals surface area contributed by atoms with Crippen LogP contribution in [0.2, 0.25) is 0 Å². The zero-order valence-electron chi connectivity index (χ0n) is 16.9. The molecule has 4 N–H and O–H groups in total. The van der Waals surface area contributed by atoms with E-state index < -0.39 is 0 Å². The van der Waals surface area contributed by atoms with Crippen LogP contribution in [0.25, 0.3) is 11.1 Å². The first kappa shape index (κ1) is 20.8. The minimum Gasteiger partial charge on any atom is -0.493 e. The van der Waals surface area contributed by atoms with Crippen molar-refractivity contribution in [1.29, 1.82) is 0 Å². The summed E-state index contributed by atoms with van der Waals surface area (Å²) in [7, 11) is 0. The molecule has 1 aromatic heterocycles. The summed E-state index contributed by atoms with van der Waals surface area (Å²) in [5.74, 6) is 2.10. The summed E-state index contributed by atoms with van der Waals surface area (Å²) in [6.45, 7) is 5.05. The first-order valence-electron chi connectivity index (χ1n) is 9.49. The largest absolute Gasteiger partial charge is 0.493 e. The molecule has 3 aromatic rings. The van der Waals surface area contributed by atoms with Gasteiger partial charge in [-0.15, -0.1) is 11.8 Å². The van der Waals surface area contributed by atoms with Crippen LogP contribution in [0.5, 0.6) is 11.5 Å². The van der Waals surface area contributed by atoms with E-state index in [4.69, 9.17) is 20.9 Å². The van der Waals surface area contributed by atoms with Crippen LogP contribution in [0.15, 0.2) is 47.5 Å². The second kappa shape index (κ2) is 9.52. The van der Waals surface area contributed by atoms with Crippen molar-refractivity contribution in [3.8, 4) is 22.6 Å². The highest BCUT2D eigenvalue weighted by molar-refractivity contribution is 7.98. The quantitative estimate of drug-likeness (QED) is 0.531. The fraction of sp³-hybridized carbons (Fsp3) is 0.273. The van der Waals surface area contributed by atoms with Crippen LogP contribution in [0.4, 0.5) is 11.8 Å². The van der Waals surface area contributed by atoms with Gasteiger partial charge in [0, 0.05) is 23.1 Å². The van der Waals surface area contributed by atoms with E-state index in [0.29, 0.717) is 25.5 Å². The van der Waals surface area contributed by atoms with Crippen molar-refractivity contribution in [3.05, 3.63) is 53.7 Å². The van der Waals surface area contributed by atoms with E-state index in [2.05, 4.69) is 40.5 Å². The molecular formula is C22H26N4O2S. The van der Waals surface area contributed by atoms with Gasteiger partial charge in [-0.2, -0.15) is 4.98 Å². The first-order chi connectivity index (χ1) is 14.0. The average molecular weight is 411 g/mol. The Hall–Kier alpha value is -2.93. The number of aromatic nitrogens is 2. The van der Waals surface area contributed by atoms with E-state index in [0.717, 1.165) is 33.8 Å². The molecule has 0 spiro atoms. The van der Waals surface area contributed by atoms with Gasteiger partial charge in [0.25, 0.3) is 0 Å². The first-order valence-corrected chi connectivity index (χ1v) is 10.7. The third kappa shape index (κ3) is 4.92. The molecule has 1 heterocycles. The zero-order valence-corrected chi connectivity index (χ0v) is 17.8. The summed E-state index contributed by atoms with van der Waals surface area (Å²) in [5.41, 5.74) is 15.4. The maximum Gasteiger partial charge on any atom is 0.221 e.